The number of aromatic amines is 1. The monoisotopic (exact) mass is 198 g/mol. The summed E-state index contributed by atoms with van der Waals surface area (Å²) in [5.74, 6) is -1.55. The number of aliphatic carboxylic acids is 2. The van der Waals surface area contributed by atoms with E-state index in [4.69, 9.17) is 10.2 Å². The maximum absolute atomic E-state index is 9.55. The van der Waals surface area contributed by atoms with Crippen LogP contribution in [0, 0.1) is 6.92 Å². The Bertz CT molecular complexity index is 300. The average molecular weight is 198 g/mol. The van der Waals surface area contributed by atoms with E-state index in [1.165, 1.54) is 0 Å². The van der Waals surface area contributed by atoms with Crippen LogP contribution in [-0.4, -0.2) is 32.1 Å². The van der Waals surface area contributed by atoms with Gasteiger partial charge in [0, 0.05) is 24.5 Å². The summed E-state index contributed by atoms with van der Waals surface area (Å²) in [5, 5.41) is 15.6. The fourth-order valence-corrected chi connectivity index (χ4v) is 0.487. The minimum Gasteiger partial charge on any atom is -0.478 e. The average Bonchev–Trinajstić information content (AvgIpc) is 2.53. The Morgan fingerprint density at radius 1 is 1.36 bits per heavy atom. The van der Waals surface area contributed by atoms with E-state index in [0.717, 1.165) is 5.82 Å². The van der Waals surface area contributed by atoms with Crippen molar-refractivity contribution in [2.75, 3.05) is 0 Å². The lowest BCUT2D eigenvalue weighted by Gasteiger charge is -1.74. The number of carboxylic acids is 2. The molecule has 0 atom stereocenters. The Morgan fingerprint density at radius 3 is 2.00 bits per heavy atom. The van der Waals surface area contributed by atoms with Crippen molar-refractivity contribution >= 4 is 11.9 Å². The van der Waals surface area contributed by atoms with Crippen LogP contribution in [0.2, 0.25) is 0 Å². The number of carboxylic acid groups (broad SMARTS) is 2. The summed E-state index contributed by atoms with van der Waals surface area (Å²) in [6.07, 6.45) is 4.65. The molecule has 0 fully saturated rings. The van der Waals surface area contributed by atoms with E-state index in [1.807, 2.05) is 6.92 Å². The number of rotatable bonds is 2. The van der Waals surface area contributed by atoms with Crippen molar-refractivity contribution in [1.29, 1.82) is 0 Å². The first kappa shape index (κ1) is 11.9. The molecule has 0 aromatic carbocycles. The van der Waals surface area contributed by atoms with Gasteiger partial charge in [-0.1, -0.05) is 0 Å². The van der Waals surface area contributed by atoms with Crippen molar-refractivity contribution in [3.63, 3.8) is 0 Å². The van der Waals surface area contributed by atoms with E-state index < -0.39 is 11.9 Å². The molecular formula is C8H10N2O4. The van der Waals surface area contributed by atoms with E-state index in [9.17, 15) is 9.59 Å². The van der Waals surface area contributed by atoms with Gasteiger partial charge in [-0.25, -0.2) is 14.6 Å². The van der Waals surface area contributed by atoms with Crippen molar-refractivity contribution < 1.29 is 19.8 Å². The van der Waals surface area contributed by atoms with Crippen LogP contribution >= 0.6 is 0 Å². The van der Waals surface area contributed by atoms with Gasteiger partial charge in [-0.2, -0.15) is 0 Å². The van der Waals surface area contributed by atoms with Gasteiger partial charge >= 0.3 is 11.9 Å². The molecular weight excluding hydrogens is 188 g/mol. The topological polar surface area (TPSA) is 103 Å². The first-order chi connectivity index (χ1) is 6.52. The largest absolute Gasteiger partial charge is 0.478 e. The second-order valence-electron chi connectivity index (χ2n) is 2.18. The van der Waals surface area contributed by atoms with Gasteiger partial charge in [0.05, 0.1) is 0 Å². The van der Waals surface area contributed by atoms with Crippen molar-refractivity contribution in [3.8, 4) is 0 Å². The first-order valence-corrected chi connectivity index (χ1v) is 3.62. The van der Waals surface area contributed by atoms with Crippen molar-refractivity contribution in [1.82, 2.24) is 9.97 Å². The van der Waals surface area contributed by atoms with E-state index >= 15 is 0 Å². The predicted molar refractivity (Wildman–Crippen MR) is 47.7 cm³/mol. The summed E-state index contributed by atoms with van der Waals surface area (Å²) in [6.45, 7) is 1.92. The summed E-state index contributed by atoms with van der Waals surface area (Å²) in [7, 11) is 0. The Morgan fingerprint density at radius 2 is 1.86 bits per heavy atom. The fourth-order valence-electron chi connectivity index (χ4n) is 0.487. The summed E-state index contributed by atoms with van der Waals surface area (Å²) < 4.78 is 0. The number of H-pyrrole nitrogens is 1. The minimum absolute atomic E-state index is 0.558. The number of nitrogens with one attached hydrogen (secondary N) is 1. The molecule has 0 radical (unpaired) electrons. The lowest BCUT2D eigenvalue weighted by atomic mass is 10.5. The SMILES string of the molecule is Cc1ncc[nH]1.O=C(O)C=CC(=O)O. The number of imidazole rings is 1. The molecule has 6 nitrogen and oxygen atoms in total. The molecule has 1 heterocycles. The van der Waals surface area contributed by atoms with Gasteiger partial charge < -0.3 is 15.2 Å². The highest BCUT2D eigenvalue weighted by atomic mass is 16.4. The van der Waals surface area contributed by atoms with Crippen LogP contribution in [0.3, 0.4) is 0 Å². The van der Waals surface area contributed by atoms with E-state index in [1.54, 1.807) is 12.4 Å². The van der Waals surface area contributed by atoms with Crippen LogP contribution < -0.4 is 0 Å². The smallest absolute Gasteiger partial charge is 0.328 e. The molecule has 0 unspecified atom stereocenters. The van der Waals surface area contributed by atoms with E-state index in [-0.39, 0.29) is 0 Å². The second-order valence-corrected chi connectivity index (χ2v) is 2.18. The standard InChI is InChI=1S/C4H6N2.C4H4O4/c1-4-5-2-3-6-4;5-3(6)1-2-4(7)8/h2-3H,1H3,(H,5,6);1-2H,(H,5,6)(H,7,8). The summed E-state index contributed by atoms with van der Waals surface area (Å²) in [6, 6.07) is 0. The van der Waals surface area contributed by atoms with Gasteiger partial charge in [0.2, 0.25) is 0 Å². The maximum Gasteiger partial charge on any atom is 0.328 e. The summed E-state index contributed by atoms with van der Waals surface area (Å²) in [5.41, 5.74) is 0. The summed E-state index contributed by atoms with van der Waals surface area (Å²) in [4.78, 5) is 25.9. The van der Waals surface area contributed by atoms with Crippen molar-refractivity contribution in [2.24, 2.45) is 0 Å². The molecule has 0 aliphatic heterocycles. The number of nitrogens with zero attached hydrogens (tertiary/aromatic N) is 1. The highest BCUT2D eigenvalue weighted by Gasteiger charge is 1.88. The Labute approximate surface area is 79.9 Å². The Hall–Kier alpha value is -2.11. The van der Waals surface area contributed by atoms with Crippen LogP contribution in [0.4, 0.5) is 0 Å². The third kappa shape index (κ3) is 7.99. The third-order valence-corrected chi connectivity index (χ3v) is 1.00. The Balaban J connectivity index is 0.000000249. The lowest BCUT2D eigenvalue weighted by molar-refractivity contribution is -0.134. The molecule has 0 aliphatic carbocycles. The number of aryl methyl sites for hydroxylation is 1. The molecule has 3 N–H and O–H groups in total. The number of aromatic nitrogens is 2. The molecule has 14 heavy (non-hydrogen) atoms. The summed E-state index contributed by atoms with van der Waals surface area (Å²) >= 11 is 0. The fraction of sp³-hybridized carbons (Fsp3) is 0.125. The highest BCUT2D eigenvalue weighted by Crippen LogP contribution is 1.78. The molecule has 0 bridgehead atoms. The molecule has 6 heteroatoms. The van der Waals surface area contributed by atoms with Crippen LogP contribution in [0.5, 0.6) is 0 Å². The zero-order valence-corrected chi connectivity index (χ0v) is 7.47. The molecule has 76 valence electrons. The van der Waals surface area contributed by atoms with Crippen LogP contribution in [0.15, 0.2) is 24.5 Å². The van der Waals surface area contributed by atoms with Gasteiger partial charge in [-0.05, 0) is 6.92 Å². The first-order valence-electron chi connectivity index (χ1n) is 3.62. The van der Waals surface area contributed by atoms with Crippen LogP contribution in [0.1, 0.15) is 5.82 Å². The van der Waals surface area contributed by atoms with Gasteiger partial charge in [-0.3, -0.25) is 0 Å². The molecule has 1 aromatic heterocycles. The predicted octanol–water partition coefficient (Wildman–Crippen LogP) is 0.430. The molecule has 0 spiro atoms. The van der Waals surface area contributed by atoms with Crippen LogP contribution in [-0.2, 0) is 9.59 Å². The molecule has 0 aliphatic rings. The lowest BCUT2D eigenvalue weighted by Crippen LogP contribution is -1.91. The molecule has 0 saturated heterocycles. The number of carbonyl (C=O) groups is 2. The van der Waals surface area contributed by atoms with Gasteiger partial charge in [0.25, 0.3) is 0 Å². The zero-order valence-electron chi connectivity index (χ0n) is 7.47. The van der Waals surface area contributed by atoms with Gasteiger partial charge in [0.1, 0.15) is 5.82 Å². The van der Waals surface area contributed by atoms with Gasteiger partial charge in [0.15, 0.2) is 0 Å². The number of hydrogen-bond acceptors (Lipinski definition) is 3. The molecule has 1 rings (SSSR count). The van der Waals surface area contributed by atoms with E-state index in [0.29, 0.717) is 12.2 Å². The van der Waals surface area contributed by atoms with Crippen LogP contribution in [0.25, 0.3) is 0 Å². The zero-order chi connectivity index (χ0) is 11.0. The van der Waals surface area contributed by atoms with E-state index in [2.05, 4.69) is 9.97 Å². The molecule has 1 aromatic rings. The maximum atomic E-state index is 9.55. The normalized spacial score (nSPS) is 9.21. The Kier molecular flexibility index (Phi) is 5.44. The molecule has 0 amide bonds. The quantitative estimate of drug-likeness (QED) is 0.598. The highest BCUT2D eigenvalue weighted by molar-refractivity contribution is 5.89. The third-order valence-electron chi connectivity index (χ3n) is 1.00. The number of hydrogen-bond donors (Lipinski definition) is 3. The minimum atomic E-state index is -1.26. The van der Waals surface area contributed by atoms with Crippen molar-refractivity contribution in [2.45, 2.75) is 6.92 Å². The second kappa shape index (κ2) is 6.41. The molecule has 0 saturated carbocycles. The van der Waals surface area contributed by atoms with Crippen molar-refractivity contribution in [3.05, 3.63) is 30.4 Å². The van der Waals surface area contributed by atoms with Gasteiger partial charge in [-0.15, -0.1) is 0 Å².